The van der Waals surface area contributed by atoms with Gasteiger partial charge in [0.05, 0.1) is 0 Å². The van der Waals surface area contributed by atoms with Gasteiger partial charge in [0.15, 0.2) is 0 Å². The largest absolute Gasteiger partial charge is 0.307 e. The van der Waals surface area contributed by atoms with Gasteiger partial charge in [0, 0.05) is 18.0 Å². The highest BCUT2D eigenvalue weighted by Crippen LogP contribution is 2.45. The van der Waals surface area contributed by atoms with Crippen LogP contribution >= 0.6 is 9.24 Å². The molecule has 0 amide bonds. The fraction of sp³-hybridized carbons (Fsp3) is 0.600. The van der Waals surface area contributed by atoms with Crippen molar-refractivity contribution in [2.75, 3.05) is 6.54 Å². The lowest BCUT2D eigenvalue weighted by atomic mass is 9.75. The Morgan fingerprint density at radius 2 is 2.05 bits per heavy atom. The van der Waals surface area contributed by atoms with E-state index >= 15 is 0 Å². The molecule has 120 valence electrons. The zero-order valence-electron chi connectivity index (χ0n) is 14.3. The van der Waals surface area contributed by atoms with Crippen LogP contribution in [0.3, 0.4) is 0 Å². The summed E-state index contributed by atoms with van der Waals surface area (Å²) in [5.74, 6) is 0.554. The Kier molecular flexibility index (Phi) is 4.76. The Hall–Kier alpha value is -0.650. The molecule has 2 heteroatoms. The predicted molar refractivity (Wildman–Crippen MR) is 100 cm³/mol. The van der Waals surface area contributed by atoms with Gasteiger partial charge in [-0.3, -0.25) is 0 Å². The standard InChI is InChI=1S/C20H30NP/c1-4-5-6-7-16-11-15(3)19(18(22)12-16)17-10-14(2)8-9-20(17)13-21-20/h10-12,17,21H,4-9,13,22H2,1-3H3. The van der Waals surface area contributed by atoms with Crippen LogP contribution in [0.15, 0.2) is 23.8 Å². The normalized spacial score (nSPS) is 27.1. The second kappa shape index (κ2) is 6.46. The number of allylic oxidation sites excluding steroid dienone is 1. The van der Waals surface area contributed by atoms with Gasteiger partial charge in [0.2, 0.25) is 0 Å². The van der Waals surface area contributed by atoms with Crippen LogP contribution in [0, 0.1) is 6.92 Å². The maximum atomic E-state index is 3.68. The van der Waals surface area contributed by atoms with Gasteiger partial charge in [-0.15, -0.1) is 9.24 Å². The van der Waals surface area contributed by atoms with Gasteiger partial charge in [-0.05, 0) is 61.5 Å². The van der Waals surface area contributed by atoms with E-state index in [1.54, 1.807) is 11.1 Å². The number of hydrogen-bond donors (Lipinski definition) is 1. The van der Waals surface area contributed by atoms with Crippen molar-refractivity contribution in [1.29, 1.82) is 0 Å². The minimum Gasteiger partial charge on any atom is -0.307 e. The molecule has 1 aromatic carbocycles. The zero-order chi connectivity index (χ0) is 15.7. The van der Waals surface area contributed by atoms with E-state index in [9.17, 15) is 0 Å². The summed E-state index contributed by atoms with van der Waals surface area (Å²) in [6.07, 6.45) is 10.2. The van der Waals surface area contributed by atoms with Crippen LogP contribution in [0.4, 0.5) is 0 Å². The lowest BCUT2D eigenvalue weighted by Gasteiger charge is -2.31. The summed E-state index contributed by atoms with van der Waals surface area (Å²) in [4.78, 5) is 0. The first-order valence-corrected chi connectivity index (χ1v) is 9.44. The summed E-state index contributed by atoms with van der Waals surface area (Å²) in [6.45, 7) is 8.05. The van der Waals surface area contributed by atoms with Crippen molar-refractivity contribution < 1.29 is 0 Å². The van der Waals surface area contributed by atoms with Gasteiger partial charge in [0.1, 0.15) is 0 Å². The first-order chi connectivity index (χ1) is 10.6. The highest BCUT2D eigenvalue weighted by atomic mass is 31.0. The summed E-state index contributed by atoms with van der Waals surface area (Å²) in [7, 11) is 3.01. The van der Waals surface area contributed by atoms with E-state index in [0.717, 1.165) is 0 Å². The second-order valence-corrected chi connectivity index (χ2v) is 8.00. The third-order valence-electron chi connectivity index (χ3n) is 5.50. The first-order valence-electron chi connectivity index (χ1n) is 8.87. The van der Waals surface area contributed by atoms with Crippen LogP contribution in [-0.4, -0.2) is 12.1 Å². The number of aryl methyl sites for hydroxylation is 2. The van der Waals surface area contributed by atoms with E-state index < -0.39 is 0 Å². The topological polar surface area (TPSA) is 21.9 Å². The van der Waals surface area contributed by atoms with E-state index in [1.165, 1.54) is 61.5 Å². The minimum absolute atomic E-state index is 0.360. The maximum Gasteiger partial charge on any atom is 0.0414 e. The van der Waals surface area contributed by atoms with Crippen molar-refractivity contribution in [2.24, 2.45) is 0 Å². The van der Waals surface area contributed by atoms with Crippen molar-refractivity contribution >= 4 is 14.5 Å². The molecule has 3 unspecified atom stereocenters. The van der Waals surface area contributed by atoms with Gasteiger partial charge < -0.3 is 5.32 Å². The van der Waals surface area contributed by atoms with Gasteiger partial charge in [-0.1, -0.05) is 43.5 Å². The SMILES string of the molecule is CCCCCc1cc(C)c(C2C=C(C)CCC23CN3)c(P)c1. The quantitative estimate of drug-likeness (QED) is 0.370. The second-order valence-electron chi connectivity index (χ2n) is 7.37. The summed E-state index contributed by atoms with van der Waals surface area (Å²) in [6, 6.07) is 4.85. The number of rotatable bonds is 5. The molecule has 1 saturated heterocycles. The summed E-state index contributed by atoms with van der Waals surface area (Å²) in [5.41, 5.74) is 6.45. The molecule has 0 aromatic heterocycles. The minimum atomic E-state index is 0.360. The predicted octanol–water partition coefficient (Wildman–Crippen LogP) is 4.39. The van der Waals surface area contributed by atoms with E-state index in [-0.39, 0.29) is 0 Å². The molecule has 3 atom stereocenters. The Labute approximate surface area is 138 Å². The van der Waals surface area contributed by atoms with Crippen LogP contribution < -0.4 is 10.6 Å². The van der Waals surface area contributed by atoms with Gasteiger partial charge >= 0.3 is 0 Å². The molecule has 1 aromatic rings. The number of hydrogen-bond acceptors (Lipinski definition) is 1. The molecule has 1 fully saturated rings. The summed E-state index contributed by atoms with van der Waals surface area (Å²) < 4.78 is 0. The lowest BCUT2D eigenvalue weighted by Crippen LogP contribution is -2.31. The van der Waals surface area contributed by atoms with Crippen LogP contribution in [0.1, 0.15) is 68.6 Å². The molecule has 1 heterocycles. The molecule has 0 bridgehead atoms. The third-order valence-corrected chi connectivity index (χ3v) is 5.98. The monoisotopic (exact) mass is 315 g/mol. The van der Waals surface area contributed by atoms with E-state index in [4.69, 9.17) is 0 Å². The lowest BCUT2D eigenvalue weighted by molar-refractivity contribution is 0.493. The van der Waals surface area contributed by atoms with E-state index in [1.807, 2.05) is 0 Å². The Balaban J connectivity index is 1.89. The summed E-state index contributed by atoms with van der Waals surface area (Å²) >= 11 is 0. The van der Waals surface area contributed by atoms with E-state index in [2.05, 4.69) is 53.5 Å². The molecular weight excluding hydrogens is 285 g/mol. The van der Waals surface area contributed by atoms with Crippen molar-refractivity contribution in [3.05, 3.63) is 40.5 Å². The highest BCUT2D eigenvalue weighted by Gasteiger charge is 2.50. The molecule has 3 rings (SSSR count). The maximum absolute atomic E-state index is 3.68. The molecule has 22 heavy (non-hydrogen) atoms. The first kappa shape index (κ1) is 16.2. The highest BCUT2D eigenvalue weighted by molar-refractivity contribution is 7.27. The average Bonchev–Trinajstić information content (AvgIpc) is 3.23. The fourth-order valence-corrected chi connectivity index (χ4v) is 4.65. The smallest absolute Gasteiger partial charge is 0.0414 e. The van der Waals surface area contributed by atoms with Crippen LogP contribution in [-0.2, 0) is 6.42 Å². The molecule has 1 N–H and O–H groups in total. The zero-order valence-corrected chi connectivity index (χ0v) is 15.5. The third kappa shape index (κ3) is 3.17. The molecule has 0 radical (unpaired) electrons. The van der Waals surface area contributed by atoms with Crippen molar-refractivity contribution in [2.45, 2.75) is 70.8 Å². The molecule has 0 saturated carbocycles. The van der Waals surface area contributed by atoms with Gasteiger partial charge in [-0.25, -0.2) is 0 Å². The number of unbranched alkanes of at least 4 members (excludes halogenated alkanes) is 2. The van der Waals surface area contributed by atoms with Crippen molar-refractivity contribution in [3.63, 3.8) is 0 Å². The van der Waals surface area contributed by atoms with Gasteiger partial charge in [0.25, 0.3) is 0 Å². The molecule has 2 aliphatic rings. The Bertz CT molecular complexity index is 560. The van der Waals surface area contributed by atoms with Gasteiger partial charge in [-0.2, -0.15) is 0 Å². The average molecular weight is 315 g/mol. The number of benzene rings is 1. The molecule has 1 aliphatic heterocycles. The van der Waals surface area contributed by atoms with Crippen molar-refractivity contribution in [1.82, 2.24) is 5.32 Å². The van der Waals surface area contributed by atoms with Crippen LogP contribution in [0.25, 0.3) is 0 Å². The Morgan fingerprint density at radius 1 is 1.27 bits per heavy atom. The van der Waals surface area contributed by atoms with Crippen molar-refractivity contribution in [3.8, 4) is 0 Å². The molecule has 1 nitrogen and oxygen atoms in total. The number of nitrogens with one attached hydrogen (secondary N) is 1. The Morgan fingerprint density at radius 3 is 2.68 bits per heavy atom. The summed E-state index contributed by atoms with van der Waals surface area (Å²) in [5, 5.41) is 5.09. The van der Waals surface area contributed by atoms with Crippen LogP contribution in [0.2, 0.25) is 0 Å². The van der Waals surface area contributed by atoms with Crippen LogP contribution in [0.5, 0.6) is 0 Å². The molecule has 1 spiro atoms. The molecule has 1 aliphatic carbocycles. The van der Waals surface area contributed by atoms with E-state index in [0.29, 0.717) is 11.5 Å². The fourth-order valence-electron chi connectivity index (χ4n) is 4.02. The molecular formula is C20H30NP.